The lowest BCUT2D eigenvalue weighted by molar-refractivity contribution is 0.0937. The highest BCUT2D eigenvalue weighted by Crippen LogP contribution is 2.20. The lowest BCUT2D eigenvalue weighted by Gasteiger charge is -2.06. The third-order valence-electron chi connectivity index (χ3n) is 2.62. The maximum atomic E-state index is 12.8. The number of hydrogen-bond donors (Lipinski definition) is 3. The molecule has 2 aromatic carbocycles. The first-order valence-electron chi connectivity index (χ1n) is 5.78. The molecule has 0 spiro atoms. The Balaban J connectivity index is 2.11. The van der Waals surface area contributed by atoms with E-state index in [2.05, 4.69) is 5.43 Å². The molecule has 3 amide bonds. The zero-order valence-corrected chi connectivity index (χ0v) is 10.4. The van der Waals surface area contributed by atoms with Crippen LogP contribution in [0.15, 0.2) is 48.5 Å². The molecule has 0 saturated carbocycles. The molecule has 0 bridgehead atoms. The van der Waals surface area contributed by atoms with E-state index < -0.39 is 11.9 Å². The molecule has 0 saturated heterocycles. The summed E-state index contributed by atoms with van der Waals surface area (Å²) in [6.45, 7) is 0. The first-order chi connectivity index (χ1) is 9.56. The van der Waals surface area contributed by atoms with Crippen LogP contribution in [0.1, 0.15) is 10.4 Å². The van der Waals surface area contributed by atoms with E-state index in [4.69, 9.17) is 5.73 Å². The minimum Gasteiger partial charge on any atom is -0.350 e. The highest BCUT2D eigenvalue weighted by atomic mass is 19.1. The van der Waals surface area contributed by atoms with Crippen molar-refractivity contribution in [3.63, 3.8) is 0 Å². The number of carbonyl (C=O) groups is 2. The lowest BCUT2D eigenvalue weighted by Crippen LogP contribution is -2.44. The number of primary amides is 1. The Hall–Kier alpha value is -2.89. The number of carbonyl (C=O) groups excluding carboxylic acids is 2. The summed E-state index contributed by atoms with van der Waals surface area (Å²) in [6, 6.07) is 11.8. The number of urea groups is 1. The predicted molar refractivity (Wildman–Crippen MR) is 72.0 cm³/mol. The monoisotopic (exact) mass is 273 g/mol. The minimum absolute atomic E-state index is 0.303. The van der Waals surface area contributed by atoms with Crippen LogP contribution in [0.2, 0.25) is 0 Å². The van der Waals surface area contributed by atoms with Crippen molar-refractivity contribution >= 4 is 11.9 Å². The van der Waals surface area contributed by atoms with Gasteiger partial charge in [0.25, 0.3) is 5.91 Å². The van der Waals surface area contributed by atoms with Crippen LogP contribution in [0.5, 0.6) is 0 Å². The Morgan fingerprint density at radius 2 is 1.35 bits per heavy atom. The van der Waals surface area contributed by atoms with Gasteiger partial charge in [-0.2, -0.15) is 0 Å². The van der Waals surface area contributed by atoms with Gasteiger partial charge in [0.2, 0.25) is 0 Å². The van der Waals surface area contributed by atoms with Gasteiger partial charge in [0.05, 0.1) is 0 Å². The average Bonchev–Trinajstić information content (AvgIpc) is 2.46. The number of halogens is 1. The predicted octanol–water partition coefficient (Wildman–Crippen LogP) is 1.81. The maximum Gasteiger partial charge on any atom is 0.330 e. The summed E-state index contributed by atoms with van der Waals surface area (Å²) in [5.74, 6) is -0.781. The number of hydrogen-bond acceptors (Lipinski definition) is 2. The lowest BCUT2D eigenvalue weighted by atomic mass is 10.0. The molecular weight excluding hydrogens is 261 g/mol. The standard InChI is InChI=1S/C14H12FN3O2/c15-12-7-5-10(6-8-12)9-1-3-11(4-2-9)13(19)17-18-14(16)20/h1-8H,(H,17,19)(H3,16,18,20). The molecule has 4 N–H and O–H groups in total. The van der Waals surface area contributed by atoms with Crippen LogP contribution < -0.4 is 16.6 Å². The summed E-state index contributed by atoms with van der Waals surface area (Å²) in [6.07, 6.45) is 0. The summed E-state index contributed by atoms with van der Waals surface area (Å²) in [7, 11) is 0. The molecule has 0 radical (unpaired) electrons. The van der Waals surface area contributed by atoms with Crippen LogP contribution >= 0.6 is 0 Å². The van der Waals surface area contributed by atoms with Crippen molar-refractivity contribution in [1.82, 2.24) is 10.9 Å². The maximum absolute atomic E-state index is 12.8. The quantitative estimate of drug-likeness (QED) is 0.729. The van der Waals surface area contributed by atoms with Gasteiger partial charge in [-0.05, 0) is 35.4 Å². The van der Waals surface area contributed by atoms with Crippen LogP contribution in [0.25, 0.3) is 11.1 Å². The first-order valence-corrected chi connectivity index (χ1v) is 5.78. The van der Waals surface area contributed by atoms with Crippen LogP contribution in [0, 0.1) is 5.82 Å². The molecule has 0 atom stereocenters. The van der Waals surface area contributed by atoms with E-state index >= 15 is 0 Å². The van der Waals surface area contributed by atoms with Gasteiger partial charge in [0.15, 0.2) is 0 Å². The zero-order valence-electron chi connectivity index (χ0n) is 10.4. The zero-order chi connectivity index (χ0) is 14.5. The SMILES string of the molecule is NC(=O)NNC(=O)c1ccc(-c2ccc(F)cc2)cc1. The van der Waals surface area contributed by atoms with E-state index in [0.717, 1.165) is 11.1 Å². The number of benzene rings is 2. The number of nitrogens with one attached hydrogen (secondary N) is 2. The van der Waals surface area contributed by atoms with Crippen molar-refractivity contribution < 1.29 is 14.0 Å². The Bertz CT molecular complexity index is 624. The fourth-order valence-electron chi connectivity index (χ4n) is 1.65. The van der Waals surface area contributed by atoms with E-state index in [0.29, 0.717) is 5.56 Å². The molecule has 0 unspecified atom stereocenters. The van der Waals surface area contributed by atoms with Crippen LogP contribution in [-0.2, 0) is 0 Å². The second-order valence-electron chi connectivity index (χ2n) is 4.03. The smallest absolute Gasteiger partial charge is 0.330 e. The topological polar surface area (TPSA) is 84.2 Å². The Labute approximate surface area is 114 Å². The fourth-order valence-corrected chi connectivity index (χ4v) is 1.65. The third kappa shape index (κ3) is 3.32. The molecule has 0 aromatic heterocycles. The molecule has 6 heteroatoms. The third-order valence-corrected chi connectivity index (χ3v) is 2.62. The van der Waals surface area contributed by atoms with Crippen molar-refractivity contribution in [3.05, 3.63) is 59.9 Å². The van der Waals surface area contributed by atoms with E-state index in [-0.39, 0.29) is 5.82 Å². The van der Waals surface area contributed by atoms with Gasteiger partial charge < -0.3 is 5.73 Å². The van der Waals surface area contributed by atoms with Gasteiger partial charge in [-0.25, -0.2) is 14.6 Å². The van der Waals surface area contributed by atoms with E-state index in [1.165, 1.54) is 12.1 Å². The van der Waals surface area contributed by atoms with Gasteiger partial charge in [-0.3, -0.25) is 10.2 Å². The Morgan fingerprint density at radius 3 is 1.85 bits per heavy atom. The van der Waals surface area contributed by atoms with Crippen LogP contribution in [-0.4, -0.2) is 11.9 Å². The largest absolute Gasteiger partial charge is 0.350 e. The molecule has 5 nitrogen and oxygen atoms in total. The highest BCUT2D eigenvalue weighted by molar-refractivity contribution is 5.95. The summed E-state index contributed by atoms with van der Waals surface area (Å²) >= 11 is 0. The van der Waals surface area contributed by atoms with Crippen LogP contribution in [0.3, 0.4) is 0 Å². The molecule has 0 aliphatic heterocycles. The van der Waals surface area contributed by atoms with Crippen molar-refractivity contribution in [3.8, 4) is 11.1 Å². The number of rotatable bonds is 2. The summed E-state index contributed by atoms with van der Waals surface area (Å²) in [5.41, 5.74) is 11.0. The fraction of sp³-hybridized carbons (Fsp3) is 0. The van der Waals surface area contributed by atoms with Crippen LogP contribution in [0.4, 0.5) is 9.18 Å². The normalized spacial score (nSPS) is 9.85. The van der Waals surface area contributed by atoms with Crippen molar-refractivity contribution in [2.24, 2.45) is 5.73 Å². The van der Waals surface area contributed by atoms with Crippen molar-refractivity contribution in [2.75, 3.05) is 0 Å². The van der Waals surface area contributed by atoms with Gasteiger partial charge in [-0.1, -0.05) is 24.3 Å². The van der Waals surface area contributed by atoms with Crippen molar-refractivity contribution in [2.45, 2.75) is 0 Å². The van der Waals surface area contributed by atoms with E-state index in [9.17, 15) is 14.0 Å². The number of nitrogens with two attached hydrogens (primary N) is 1. The summed E-state index contributed by atoms with van der Waals surface area (Å²) in [5, 5.41) is 0. The first kappa shape index (κ1) is 13.5. The minimum atomic E-state index is -0.846. The second kappa shape index (κ2) is 5.83. The van der Waals surface area contributed by atoms with Gasteiger partial charge in [-0.15, -0.1) is 0 Å². The molecule has 2 rings (SSSR count). The van der Waals surface area contributed by atoms with E-state index in [1.54, 1.807) is 36.4 Å². The van der Waals surface area contributed by atoms with E-state index in [1.807, 2.05) is 5.43 Å². The van der Waals surface area contributed by atoms with Gasteiger partial charge in [0, 0.05) is 5.56 Å². The molecule has 0 heterocycles. The van der Waals surface area contributed by atoms with Crippen molar-refractivity contribution in [1.29, 1.82) is 0 Å². The average molecular weight is 273 g/mol. The number of hydrazine groups is 1. The Kier molecular flexibility index (Phi) is 3.95. The molecule has 2 aromatic rings. The van der Waals surface area contributed by atoms with Gasteiger partial charge >= 0.3 is 6.03 Å². The molecule has 102 valence electrons. The highest BCUT2D eigenvalue weighted by Gasteiger charge is 2.06. The molecule has 0 fully saturated rings. The summed E-state index contributed by atoms with van der Waals surface area (Å²) < 4.78 is 12.8. The second-order valence-corrected chi connectivity index (χ2v) is 4.03. The molecular formula is C14H12FN3O2. The number of amides is 3. The van der Waals surface area contributed by atoms with Gasteiger partial charge in [0.1, 0.15) is 5.82 Å². The molecule has 20 heavy (non-hydrogen) atoms. The summed E-state index contributed by atoms with van der Waals surface area (Å²) in [4.78, 5) is 22.1. The molecule has 0 aliphatic rings. The molecule has 0 aliphatic carbocycles. The Morgan fingerprint density at radius 1 is 0.850 bits per heavy atom.